The molecule has 0 saturated heterocycles. The molecule has 0 N–H and O–H groups in total. The first-order chi connectivity index (χ1) is 11.8. The Morgan fingerprint density at radius 2 is 1.80 bits per heavy atom. The van der Waals surface area contributed by atoms with E-state index < -0.39 is 17.2 Å². The Balaban J connectivity index is 2.39. The molecule has 1 aliphatic carbocycles. The largest absolute Gasteiger partial charge is 0.416 e. The molecule has 25 heavy (non-hydrogen) atoms. The molecule has 2 rings (SSSR count). The third-order valence-corrected chi connectivity index (χ3v) is 4.62. The average molecular weight is 353 g/mol. The Morgan fingerprint density at radius 1 is 1.16 bits per heavy atom. The lowest BCUT2D eigenvalue weighted by Gasteiger charge is -2.35. The van der Waals surface area contributed by atoms with Crippen LogP contribution in [0.15, 0.2) is 29.4 Å². The molecule has 0 amide bonds. The molecule has 0 radical (unpaired) electrons. The molecule has 1 aliphatic rings. The SMILES string of the molecule is [N-]=[N+]=NCCCC1(Cc2ccccc2C(F)(F)F)C(=O)CCCC1=O. The zero-order valence-corrected chi connectivity index (χ0v) is 13.6. The second kappa shape index (κ2) is 7.70. The van der Waals surface area contributed by atoms with Crippen LogP contribution in [0.2, 0.25) is 0 Å². The van der Waals surface area contributed by atoms with Crippen LogP contribution in [0.1, 0.15) is 43.2 Å². The fourth-order valence-electron chi connectivity index (χ4n) is 3.38. The van der Waals surface area contributed by atoms with E-state index in [2.05, 4.69) is 10.0 Å². The fourth-order valence-corrected chi connectivity index (χ4v) is 3.38. The Hall–Kier alpha value is -2.34. The van der Waals surface area contributed by atoms with Crippen molar-refractivity contribution in [3.63, 3.8) is 0 Å². The summed E-state index contributed by atoms with van der Waals surface area (Å²) in [6.45, 7) is 0.0970. The summed E-state index contributed by atoms with van der Waals surface area (Å²) in [6.07, 6.45) is -3.66. The monoisotopic (exact) mass is 353 g/mol. The van der Waals surface area contributed by atoms with Crippen molar-refractivity contribution in [2.24, 2.45) is 10.5 Å². The van der Waals surface area contributed by atoms with Crippen molar-refractivity contribution < 1.29 is 22.8 Å². The van der Waals surface area contributed by atoms with Crippen LogP contribution >= 0.6 is 0 Å². The molecule has 1 saturated carbocycles. The van der Waals surface area contributed by atoms with Crippen LogP contribution in [-0.4, -0.2) is 18.1 Å². The van der Waals surface area contributed by atoms with E-state index in [9.17, 15) is 22.8 Å². The summed E-state index contributed by atoms with van der Waals surface area (Å²) in [7, 11) is 0. The molecule has 0 heterocycles. The minimum absolute atomic E-state index is 0.0533. The van der Waals surface area contributed by atoms with Crippen molar-refractivity contribution in [3.05, 3.63) is 45.8 Å². The van der Waals surface area contributed by atoms with E-state index in [0.717, 1.165) is 6.07 Å². The lowest BCUT2D eigenvalue weighted by molar-refractivity contribution is -0.146. The molecule has 1 aromatic rings. The highest BCUT2D eigenvalue weighted by atomic mass is 19.4. The molecule has 0 bridgehead atoms. The zero-order valence-electron chi connectivity index (χ0n) is 13.6. The zero-order chi connectivity index (χ0) is 18.5. The average Bonchev–Trinajstić information content (AvgIpc) is 2.55. The second-order valence-electron chi connectivity index (χ2n) is 6.17. The van der Waals surface area contributed by atoms with E-state index >= 15 is 0 Å². The van der Waals surface area contributed by atoms with Crippen LogP contribution in [0.5, 0.6) is 0 Å². The van der Waals surface area contributed by atoms with Gasteiger partial charge in [0.2, 0.25) is 0 Å². The lowest BCUT2D eigenvalue weighted by atomic mass is 9.65. The number of ketones is 2. The van der Waals surface area contributed by atoms with Gasteiger partial charge in [0.1, 0.15) is 11.6 Å². The number of hydrogen-bond donors (Lipinski definition) is 0. The summed E-state index contributed by atoms with van der Waals surface area (Å²) in [5.41, 5.74) is 6.00. The summed E-state index contributed by atoms with van der Waals surface area (Å²) < 4.78 is 39.7. The quantitative estimate of drug-likeness (QED) is 0.245. The molecule has 0 atom stereocenters. The highest BCUT2D eigenvalue weighted by molar-refractivity contribution is 6.09. The van der Waals surface area contributed by atoms with Gasteiger partial charge < -0.3 is 0 Å². The van der Waals surface area contributed by atoms with Crippen LogP contribution < -0.4 is 0 Å². The molecule has 0 unspecified atom stereocenters. The predicted molar refractivity (Wildman–Crippen MR) is 84.7 cm³/mol. The number of Topliss-reactive ketones (excluding diaryl/α,β-unsaturated/α-hetero) is 2. The number of carbonyl (C=O) groups excluding carboxylic acids is 2. The van der Waals surface area contributed by atoms with Crippen LogP contribution in [0, 0.1) is 5.41 Å². The number of carbonyl (C=O) groups is 2. The number of halogens is 3. The molecule has 5 nitrogen and oxygen atoms in total. The van der Waals surface area contributed by atoms with Crippen molar-refractivity contribution in [3.8, 4) is 0 Å². The van der Waals surface area contributed by atoms with Gasteiger partial charge in [-0.2, -0.15) is 13.2 Å². The van der Waals surface area contributed by atoms with Crippen molar-refractivity contribution in [1.82, 2.24) is 0 Å². The van der Waals surface area contributed by atoms with Crippen LogP contribution in [0.4, 0.5) is 13.2 Å². The van der Waals surface area contributed by atoms with E-state index in [4.69, 9.17) is 5.53 Å². The molecular formula is C17H18F3N3O2. The molecule has 1 aromatic carbocycles. The Labute approximate surface area is 142 Å². The van der Waals surface area contributed by atoms with Gasteiger partial charge in [-0.05, 0) is 42.8 Å². The van der Waals surface area contributed by atoms with Gasteiger partial charge in [-0.15, -0.1) is 0 Å². The van der Waals surface area contributed by atoms with Gasteiger partial charge in [0.15, 0.2) is 0 Å². The maximum absolute atomic E-state index is 13.2. The predicted octanol–water partition coefficient (Wildman–Crippen LogP) is 4.65. The Bertz CT molecular complexity index is 693. The van der Waals surface area contributed by atoms with Crippen molar-refractivity contribution in [2.75, 3.05) is 6.54 Å². The van der Waals surface area contributed by atoms with Gasteiger partial charge in [0.25, 0.3) is 0 Å². The van der Waals surface area contributed by atoms with Gasteiger partial charge in [-0.1, -0.05) is 23.3 Å². The Kier molecular flexibility index (Phi) is 5.85. The van der Waals surface area contributed by atoms with Crippen LogP contribution in [0.3, 0.4) is 0 Å². The molecular weight excluding hydrogens is 335 g/mol. The van der Waals surface area contributed by atoms with Gasteiger partial charge in [0.05, 0.1) is 11.0 Å². The number of azide groups is 1. The third kappa shape index (κ3) is 4.20. The third-order valence-electron chi connectivity index (χ3n) is 4.62. The fraction of sp³-hybridized carbons (Fsp3) is 0.529. The van der Waals surface area contributed by atoms with Gasteiger partial charge in [0, 0.05) is 24.3 Å². The number of hydrogen-bond acceptors (Lipinski definition) is 3. The van der Waals surface area contributed by atoms with E-state index in [1.807, 2.05) is 0 Å². The van der Waals surface area contributed by atoms with Gasteiger partial charge >= 0.3 is 6.18 Å². The molecule has 0 aliphatic heterocycles. The van der Waals surface area contributed by atoms with E-state index in [-0.39, 0.29) is 55.8 Å². The van der Waals surface area contributed by atoms with Crippen molar-refractivity contribution >= 4 is 11.6 Å². The summed E-state index contributed by atoms with van der Waals surface area (Å²) >= 11 is 0. The van der Waals surface area contributed by atoms with Crippen LogP contribution in [0.25, 0.3) is 10.4 Å². The normalized spacial score (nSPS) is 17.2. The Morgan fingerprint density at radius 3 is 2.40 bits per heavy atom. The number of nitrogens with zero attached hydrogens (tertiary/aromatic N) is 3. The second-order valence-corrected chi connectivity index (χ2v) is 6.17. The van der Waals surface area contributed by atoms with E-state index in [1.54, 1.807) is 0 Å². The number of rotatable bonds is 6. The maximum Gasteiger partial charge on any atom is 0.416 e. The summed E-state index contributed by atoms with van der Waals surface area (Å²) in [4.78, 5) is 27.7. The first-order valence-corrected chi connectivity index (χ1v) is 8.04. The first kappa shape index (κ1) is 19.0. The summed E-state index contributed by atoms with van der Waals surface area (Å²) in [5.74, 6) is -0.636. The van der Waals surface area contributed by atoms with E-state index in [1.165, 1.54) is 18.2 Å². The molecule has 134 valence electrons. The molecule has 1 fully saturated rings. The minimum atomic E-state index is -4.55. The highest BCUT2D eigenvalue weighted by Crippen LogP contribution is 2.41. The highest BCUT2D eigenvalue weighted by Gasteiger charge is 2.47. The molecule has 8 heteroatoms. The number of alkyl halides is 3. The van der Waals surface area contributed by atoms with E-state index in [0.29, 0.717) is 6.42 Å². The molecule has 0 spiro atoms. The topological polar surface area (TPSA) is 82.9 Å². The van der Waals surface area contributed by atoms with Crippen molar-refractivity contribution in [2.45, 2.75) is 44.7 Å². The first-order valence-electron chi connectivity index (χ1n) is 8.04. The van der Waals surface area contributed by atoms with Crippen molar-refractivity contribution in [1.29, 1.82) is 0 Å². The van der Waals surface area contributed by atoms with Gasteiger partial charge in [-0.25, -0.2) is 0 Å². The summed E-state index contributed by atoms with van der Waals surface area (Å²) in [5, 5.41) is 3.38. The standard InChI is InChI=1S/C17H18F3N3O2/c18-17(19,20)13-6-2-1-5-12(13)11-16(9-4-10-22-23-21)14(24)7-3-8-15(16)25/h1-2,5-6H,3-4,7-11H2. The number of benzene rings is 1. The maximum atomic E-state index is 13.2. The minimum Gasteiger partial charge on any atom is -0.299 e. The lowest BCUT2D eigenvalue weighted by Crippen LogP contribution is -2.44. The van der Waals surface area contributed by atoms with Crippen LogP contribution in [-0.2, 0) is 22.2 Å². The summed E-state index contributed by atoms with van der Waals surface area (Å²) in [6, 6.07) is 5.02. The molecule has 0 aromatic heterocycles. The smallest absolute Gasteiger partial charge is 0.299 e. The van der Waals surface area contributed by atoms with Gasteiger partial charge in [-0.3, -0.25) is 9.59 Å².